The van der Waals surface area contributed by atoms with Crippen molar-refractivity contribution in [1.82, 2.24) is 15.1 Å². The first kappa shape index (κ1) is 14.6. The van der Waals surface area contributed by atoms with E-state index in [-0.39, 0.29) is 0 Å². The third-order valence-electron chi connectivity index (χ3n) is 4.94. The van der Waals surface area contributed by atoms with Gasteiger partial charge in [0.1, 0.15) is 0 Å². The largest absolute Gasteiger partial charge is 0.314 e. The minimum atomic E-state index is 0.330. The number of hydrogen-bond donors (Lipinski definition) is 1. The van der Waals surface area contributed by atoms with Gasteiger partial charge in [-0.1, -0.05) is 20.8 Å². The highest BCUT2D eigenvalue weighted by molar-refractivity contribution is 5.34. The van der Waals surface area contributed by atoms with Crippen molar-refractivity contribution >= 4 is 0 Å². The third-order valence-corrected chi connectivity index (χ3v) is 4.94. The molecule has 108 valence electrons. The van der Waals surface area contributed by atoms with Gasteiger partial charge in [0.15, 0.2) is 0 Å². The number of nitrogens with zero attached hydrogens (tertiary/aromatic N) is 2. The summed E-state index contributed by atoms with van der Waals surface area (Å²) in [6.07, 6.45) is 1.24. The van der Waals surface area contributed by atoms with Crippen molar-refractivity contribution < 1.29 is 0 Å². The Morgan fingerprint density at radius 1 is 1.37 bits per heavy atom. The van der Waals surface area contributed by atoms with Crippen LogP contribution < -0.4 is 5.32 Å². The van der Waals surface area contributed by atoms with Crippen LogP contribution in [0.2, 0.25) is 0 Å². The van der Waals surface area contributed by atoms with Crippen LogP contribution in [0.15, 0.2) is 0 Å². The Bertz CT molecular complexity index is 457. The molecule has 1 aromatic rings. The summed E-state index contributed by atoms with van der Waals surface area (Å²) in [5.74, 6) is 0.643. The average Bonchev–Trinajstić information content (AvgIpc) is 2.61. The molecule has 2 rings (SSSR count). The molecular formula is C16H29N3. The number of hydrogen-bond acceptors (Lipinski definition) is 2. The zero-order valence-corrected chi connectivity index (χ0v) is 13.5. The van der Waals surface area contributed by atoms with Crippen molar-refractivity contribution in [2.24, 2.45) is 5.41 Å². The summed E-state index contributed by atoms with van der Waals surface area (Å²) in [7, 11) is 0. The fraction of sp³-hybridized carbons (Fsp3) is 0.812. The van der Waals surface area contributed by atoms with Crippen molar-refractivity contribution in [3.63, 3.8) is 0 Å². The van der Waals surface area contributed by atoms with Crippen molar-refractivity contribution in [3.05, 3.63) is 17.0 Å². The summed E-state index contributed by atoms with van der Waals surface area (Å²) in [5.41, 5.74) is 4.41. The number of aryl methyl sites for hydroxylation is 1. The van der Waals surface area contributed by atoms with E-state index in [0.717, 1.165) is 6.54 Å². The molecule has 0 bridgehead atoms. The number of rotatable bonds is 4. The van der Waals surface area contributed by atoms with Crippen molar-refractivity contribution in [2.75, 3.05) is 6.54 Å². The molecule has 0 saturated heterocycles. The molecule has 1 heterocycles. The third kappa shape index (κ3) is 2.22. The second-order valence-corrected chi connectivity index (χ2v) is 6.84. The van der Waals surface area contributed by atoms with Gasteiger partial charge in [0.25, 0.3) is 0 Å². The van der Waals surface area contributed by atoms with E-state index in [1.165, 1.54) is 23.4 Å². The maximum absolute atomic E-state index is 4.75. The second-order valence-electron chi connectivity index (χ2n) is 6.84. The molecule has 3 nitrogen and oxygen atoms in total. The van der Waals surface area contributed by atoms with Gasteiger partial charge in [0.05, 0.1) is 5.69 Å². The topological polar surface area (TPSA) is 29.9 Å². The Balaban J connectivity index is 2.30. The first-order chi connectivity index (χ1) is 8.80. The lowest BCUT2D eigenvalue weighted by molar-refractivity contribution is 0.0698. The molecular weight excluding hydrogens is 234 g/mol. The molecule has 1 saturated carbocycles. The molecule has 0 amide bonds. The van der Waals surface area contributed by atoms with Crippen LogP contribution in [0.4, 0.5) is 0 Å². The molecule has 1 N–H and O–H groups in total. The van der Waals surface area contributed by atoms with Crippen LogP contribution in [-0.2, 0) is 0 Å². The predicted octanol–water partition coefficient (Wildman–Crippen LogP) is 3.57. The maximum Gasteiger partial charge on any atom is 0.0631 e. The Kier molecular flexibility index (Phi) is 3.78. The normalized spacial score (nSPS) is 25.7. The highest BCUT2D eigenvalue weighted by Gasteiger charge is 2.49. The maximum atomic E-state index is 4.75. The van der Waals surface area contributed by atoms with Crippen LogP contribution in [0.3, 0.4) is 0 Å². The highest BCUT2D eigenvalue weighted by Crippen LogP contribution is 2.53. The predicted molar refractivity (Wildman–Crippen MR) is 80.7 cm³/mol. The Labute approximate surface area is 117 Å². The fourth-order valence-electron chi connectivity index (χ4n) is 3.69. The molecule has 0 aliphatic heterocycles. The van der Waals surface area contributed by atoms with Gasteiger partial charge < -0.3 is 5.32 Å². The highest BCUT2D eigenvalue weighted by atomic mass is 15.3. The number of aromatic nitrogens is 2. The van der Waals surface area contributed by atoms with E-state index >= 15 is 0 Å². The molecule has 2 atom stereocenters. The van der Waals surface area contributed by atoms with Crippen LogP contribution in [0.25, 0.3) is 0 Å². The Morgan fingerprint density at radius 3 is 2.42 bits per heavy atom. The smallest absolute Gasteiger partial charge is 0.0631 e. The SMILES string of the molecule is CCNC1CC(c2c(C)nn(C(C)C)c2C)C1(C)C. The van der Waals surface area contributed by atoms with Gasteiger partial charge in [-0.15, -0.1) is 0 Å². The van der Waals surface area contributed by atoms with E-state index in [0.29, 0.717) is 23.4 Å². The molecule has 1 aliphatic carbocycles. The minimum Gasteiger partial charge on any atom is -0.314 e. The average molecular weight is 263 g/mol. The van der Waals surface area contributed by atoms with Gasteiger partial charge in [-0.2, -0.15) is 5.10 Å². The molecule has 1 aliphatic rings. The standard InChI is InChI=1S/C16H29N3/c1-8-17-14-9-13(16(14,6)7)15-11(4)18-19(10(2)3)12(15)5/h10,13-14,17H,8-9H2,1-7H3. The van der Waals surface area contributed by atoms with E-state index in [2.05, 4.69) is 58.5 Å². The fourth-order valence-corrected chi connectivity index (χ4v) is 3.69. The molecule has 19 heavy (non-hydrogen) atoms. The quantitative estimate of drug-likeness (QED) is 0.900. The molecule has 1 aromatic heterocycles. The van der Waals surface area contributed by atoms with E-state index in [1.54, 1.807) is 0 Å². The summed E-state index contributed by atoms with van der Waals surface area (Å²) in [5, 5.41) is 8.36. The molecule has 3 heteroatoms. The van der Waals surface area contributed by atoms with Gasteiger partial charge in [0.2, 0.25) is 0 Å². The summed E-state index contributed by atoms with van der Waals surface area (Å²) in [6.45, 7) is 16.8. The van der Waals surface area contributed by atoms with Gasteiger partial charge >= 0.3 is 0 Å². The second kappa shape index (κ2) is 4.93. The lowest BCUT2D eigenvalue weighted by Gasteiger charge is -2.53. The Morgan fingerprint density at radius 2 is 2.00 bits per heavy atom. The molecule has 0 spiro atoms. The zero-order valence-electron chi connectivity index (χ0n) is 13.5. The van der Waals surface area contributed by atoms with E-state index in [4.69, 9.17) is 5.10 Å². The molecule has 1 fully saturated rings. The van der Waals surface area contributed by atoms with Crippen LogP contribution in [0.1, 0.15) is 70.0 Å². The first-order valence-corrected chi connectivity index (χ1v) is 7.59. The van der Waals surface area contributed by atoms with Crippen molar-refractivity contribution in [3.8, 4) is 0 Å². The van der Waals surface area contributed by atoms with Crippen molar-refractivity contribution in [2.45, 2.75) is 72.9 Å². The summed E-state index contributed by atoms with van der Waals surface area (Å²) in [6, 6.07) is 1.09. The van der Waals surface area contributed by atoms with Crippen LogP contribution >= 0.6 is 0 Å². The molecule has 0 radical (unpaired) electrons. The summed E-state index contributed by atoms with van der Waals surface area (Å²) in [4.78, 5) is 0. The minimum absolute atomic E-state index is 0.330. The Hall–Kier alpha value is -0.830. The monoisotopic (exact) mass is 263 g/mol. The van der Waals surface area contributed by atoms with Gasteiger partial charge in [-0.25, -0.2) is 0 Å². The number of nitrogens with one attached hydrogen (secondary N) is 1. The lowest BCUT2D eigenvalue weighted by atomic mass is 9.56. The van der Waals surface area contributed by atoms with Gasteiger partial charge in [-0.3, -0.25) is 4.68 Å². The van der Waals surface area contributed by atoms with E-state index < -0.39 is 0 Å². The van der Waals surface area contributed by atoms with Crippen LogP contribution in [0.5, 0.6) is 0 Å². The molecule has 0 aromatic carbocycles. The van der Waals surface area contributed by atoms with Crippen LogP contribution in [0, 0.1) is 19.3 Å². The van der Waals surface area contributed by atoms with E-state index in [9.17, 15) is 0 Å². The van der Waals surface area contributed by atoms with Crippen LogP contribution in [-0.4, -0.2) is 22.4 Å². The molecule has 2 unspecified atom stereocenters. The van der Waals surface area contributed by atoms with Gasteiger partial charge in [0, 0.05) is 17.8 Å². The van der Waals surface area contributed by atoms with Gasteiger partial charge in [-0.05, 0) is 57.6 Å². The summed E-state index contributed by atoms with van der Waals surface area (Å²) >= 11 is 0. The van der Waals surface area contributed by atoms with E-state index in [1.807, 2.05) is 0 Å². The zero-order chi connectivity index (χ0) is 14.4. The van der Waals surface area contributed by atoms with Crippen molar-refractivity contribution in [1.29, 1.82) is 0 Å². The summed E-state index contributed by atoms with van der Waals surface area (Å²) < 4.78 is 2.18. The lowest BCUT2D eigenvalue weighted by Crippen LogP contribution is -2.55. The first-order valence-electron chi connectivity index (χ1n) is 7.59.